The van der Waals surface area contributed by atoms with Gasteiger partial charge in [-0.15, -0.1) is 0 Å². The second-order valence-corrected chi connectivity index (χ2v) is 14.4. The largest absolute Gasteiger partial charge is 0.310 e. The van der Waals surface area contributed by atoms with E-state index in [1.54, 1.807) is 73.8 Å². The number of fused-ring (bicyclic) bond motifs is 4. The molecule has 12 rings (SSSR count). The van der Waals surface area contributed by atoms with Crippen molar-refractivity contribution in [3.63, 3.8) is 0 Å². The Bertz CT molecular complexity index is 3290. The van der Waals surface area contributed by atoms with E-state index < -0.39 is 11.6 Å². The van der Waals surface area contributed by atoms with Crippen molar-refractivity contribution in [2.24, 2.45) is 0 Å². The number of hydrogen-bond acceptors (Lipinski definition) is 10. The van der Waals surface area contributed by atoms with Gasteiger partial charge in [0.2, 0.25) is 0 Å². The number of aromatic nitrogens is 8. The zero-order chi connectivity index (χ0) is 39.9. The number of benzene rings is 8. The molecule has 0 bridgehead atoms. The van der Waals surface area contributed by atoms with E-state index in [0.29, 0.717) is 65.8 Å². The van der Waals surface area contributed by atoms with Crippen LogP contribution < -0.4 is 9.80 Å². The molecule has 0 saturated heterocycles. The number of halogens is 2. The Morgan fingerprint density at radius 3 is 0.850 bits per heavy atom. The molecule has 0 aliphatic carbocycles. The van der Waals surface area contributed by atoms with Gasteiger partial charge in [0.05, 0.1) is 55.5 Å². The molecule has 0 aliphatic heterocycles. The SMILES string of the molecule is Fc1cc(N(c2ccc3nccnc3c2)c2ccc3nccnc3c2)c2ccc3c(F)cc(N(c4ccc5nccnc5c4)c4ccc5nccnc5c4)c4ccc1c2c34. The fourth-order valence-electron chi connectivity index (χ4n) is 8.46. The molecule has 0 unspecified atom stereocenters. The third-order valence-electron chi connectivity index (χ3n) is 11.1. The average molecular weight is 781 g/mol. The van der Waals surface area contributed by atoms with E-state index in [0.717, 1.165) is 44.8 Å². The standard InChI is InChI=1S/C48H26F2N10/c49-35-25-45(59(27-1-9-37-41(21-27)55-17-13-51-37)28-2-10-38-42(22-28)56-18-14-52-38)33-7-5-32-36(50)26-46(34-8-6-31(35)47(33)48(32)34)60(29-3-11-39-43(23-29)57-19-15-53-39)30-4-12-40-44(24-30)58-20-16-54-40/h1-26H. The molecule has 0 N–H and O–H groups in total. The summed E-state index contributed by atoms with van der Waals surface area (Å²) in [7, 11) is 0. The van der Waals surface area contributed by atoms with Crippen LogP contribution in [0.4, 0.5) is 42.9 Å². The van der Waals surface area contributed by atoms with Crippen molar-refractivity contribution in [3.05, 3.63) is 170 Å². The Balaban J connectivity index is 1.15. The molecule has 0 amide bonds. The topological polar surface area (TPSA) is 110 Å². The van der Waals surface area contributed by atoms with Crippen LogP contribution >= 0.6 is 0 Å². The Hall–Kier alpha value is -8.38. The van der Waals surface area contributed by atoms with Crippen molar-refractivity contribution in [1.29, 1.82) is 0 Å². The van der Waals surface area contributed by atoms with Crippen LogP contribution in [0.2, 0.25) is 0 Å². The van der Waals surface area contributed by atoms with Gasteiger partial charge < -0.3 is 9.80 Å². The highest BCUT2D eigenvalue weighted by molar-refractivity contribution is 6.28. The van der Waals surface area contributed by atoms with Gasteiger partial charge in [0.25, 0.3) is 0 Å². The maximum atomic E-state index is 17.0. The molecular weight excluding hydrogens is 755 g/mol. The van der Waals surface area contributed by atoms with E-state index in [1.807, 2.05) is 94.7 Å². The summed E-state index contributed by atoms with van der Waals surface area (Å²) in [5.74, 6) is -0.913. The quantitative estimate of drug-likeness (QED) is 0.151. The molecule has 0 saturated carbocycles. The predicted molar refractivity (Wildman–Crippen MR) is 232 cm³/mol. The molecule has 10 nitrogen and oxygen atoms in total. The van der Waals surface area contributed by atoms with E-state index in [1.165, 1.54) is 0 Å². The van der Waals surface area contributed by atoms with Gasteiger partial charge in [0, 0.05) is 105 Å². The lowest BCUT2D eigenvalue weighted by Gasteiger charge is -2.30. The lowest BCUT2D eigenvalue weighted by atomic mass is 9.91. The van der Waals surface area contributed by atoms with Crippen LogP contribution in [0.5, 0.6) is 0 Å². The van der Waals surface area contributed by atoms with Gasteiger partial charge >= 0.3 is 0 Å². The Morgan fingerprint density at radius 1 is 0.283 bits per heavy atom. The maximum Gasteiger partial charge on any atom is 0.133 e. The third-order valence-corrected chi connectivity index (χ3v) is 11.1. The first kappa shape index (κ1) is 33.7. The molecule has 0 aliphatic rings. The molecule has 4 aromatic heterocycles. The lowest BCUT2D eigenvalue weighted by Crippen LogP contribution is -2.13. The lowest BCUT2D eigenvalue weighted by molar-refractivity contribution is 0.639. The van der Waals surface area contributed by atoms with E-state index in [-0.39, 0.29) is 0 Å². The molecule has 12 aromatic rings. The number of nitrogens with zero attached hydrogens (tertiary/aromatic N) is 10. The van der Waals surface area contributed by atoms with Gasteiger partial charge in [-0.1, -0.05) is 24.3 Å². The predicted octanol–water partition coefficient (Wildman–Crippen LogP) is 11.6. The van der Waals surface area contributed by atoms with Crippen molar-refractivity contribution < 1.29 is 8.78 Å². The average Bonchev–Trinajstić information content (AvgIpc) is 3.29. The summed E-state index contributed by atoms with van der Waals surface area (Å²) in [6, 6.07) is 33.4. The minimum Gasteiger partial charge on any atom is -0.310 e. The number of hydrogen-bond donors (Lipinski definition) is 0. The molecule has 0 radical (unpaired) electrons. The first-order valence-corrected chi connectivity index (χ1v) is 19.1. The van der Waals surface area contributed by atoms with Crippen LogP contribution in [0, 0.1) is 11.6 Å². The summed E-state index contributed by atoms with van der Waals surface area (Å²) in [6.45, 7) is 0. The molecule has 0 fully saturated rings. The van der Waals surface area contributed by atoms with E-state index in [2.05, 4.69) is 39.9 Å². The second-order valence-electron chi connectivity index (χ2n) is 14.4. The zero-order valence-electron chi connectivity index (χ0n) is 31.2. The van der Waals surface area contributed by atoms with Crippen LogP contribution in [-0.2, 0) is 0 Å². The summed E-state index contributed by atoms with van der Waals surface area (Å²) in [6.07, 6.45) is 13.2. The first-order valence-electron chi connectivity index (χ1n) is 19.1. The smallest absolute Gasteiger partial charge is 0.133 e. The molecule has 12 heteroatoms. The normalized spacial score (nSPS) is 11.8. The van der Waals surface area contributed by atoms with Crippen LogP contribution in [0.1, 0.15) is 0 Å². The first-order chi connectivity index (χ1) is 29.6. The highest BCUT2D eigenvalue weighted by Gasteiger charge is 2.26. The highest BCUT2D eigenvalue weighted by atomic mass is 19.1. The third kappa shape index (κ3) is 5.24. The van der Waals surface area contributed by atoms with Crippen molar-refractivity contribution in [2.75, 3.05) is 9.80 Å². The molecule has 0 atom stereocenters. The summed E-state index contributed by atoms with van der Waals surface area (Å²) < 4.78 is 33.9. The summed E-state index contributed by atoms with van der Waals surface area (Å²) in [5.41, 5.74) is 9.53. The summed E-state index contributed by atoms with van der Waals surface area (Å²) >= 11 is 0. The van der Waals surface area contributed by atoms with Crippen molar-refractivity contribution in [3.8, 4) is 0 Å². The highest BCUT2D eigenvalue weighted by Crippen LogP contribution is 2.49. The molecule has 60 heavy (non-hydrogen) atoms. The molecule has 4 heterocycles. The van der Waals surface area contributed by atoms with E-state index in [4.69, 9.17) is 0 Å². The van der Waals surface area contributed by atoms with Gasteiger partial charge in [0.15, 0.2) is 0 Å². The van der Waals surface area contributed by atoms with Gasteiger partial charge in [-0.05, 0) is 84.9 Å². The van der Waals surface area contributed by atoms with Crippen LogP contribution in [0.15, 0.2) is 159 Å². The fraction of sp³-hybridized carbons (Fsp3) is 0. The van der Waals surface area contributed by atoms with E-state index in [9.17, 15) is 0 Å². The fourth-order valence-corrected chi connectivity index (χ4v) is 8.46. The Kier molecular flexibility index (Phi) is 7.35. The Morgan fingerprint density at radius 2 is 0.550 bits per heavy atom. The van der Waals surface area contributed by atoms with Gasteiger partial charge in [-0.25, -0.2) is 8.78 Å². The molecule has 8 aromatic carbocycles. The maximum absolute atomic E-state index is 17.0. The minimum atomic E-state index is -0.457. The van der Waals surface area contributed by atoms with Crippen LogP contribution in [-0.4, -0.2) is 39.9 Å². The monoisotopic (exact) mass is 780 g/mol. The van der Waals surface area contributed by atoms with Gasteiger partial charge in [-0.3, -0.25) is 39.9 Å². The minimum absolute atomic E-state index is 0.366. The number of anilines is 6. The Labute approximate surface area is 338 Å². The number of rotatable bonds is 6. The van der Waals surface area contributed by atoms with Gasteiger partial charge in [-0.2, -0.15) is 0 Å². The summed E-state index contributed by atoms with van der Waals surface area (Å²) in [5, 5.41) is 3.33. The second kappa shape index (κ2) is 13.1. The molecular formula is C48H26F2N10. The summed E-state index contributed by atoms with van der Waals surface area (Å²) in [4.78, 5) is 40.2. The van der Waals surface area contributed by atoms with Crippen LogP contribution in [0.3, 0.4) is 0 Å². The molecule has 282 valence electrons. The van der Waals surface area contributed by atoms with Crippen LogP contribution in [0.25, 0.3) is 76.5 Å². The van der Waals surface area contributed by atoms with Crippen molar-refractivity contribution >= 4 is 111 Å². The zero-order valence-corrected chi connectivity index (χ0v) is 31.2. The van der Waals surface area contributed by atoms with Crippen molar-refractivity contribution in [1.82, 2.24) is 39.9 Å². The molecule has 0 spiro atoms. The van der Waals surface area contributed by atoms with Gasteiger partial charge in [0.1, 0.15) is 11.6 Å². The van der Waals surface area contributed by atoms with Crippen molar-refractivity contribution in [2.45, 2.75) is 0 Å². The van der Waals surface area contributed by atoms with E-state index >= 15 is 8.78 Å².